The first kappa shape index (κ1) is 13.4. The summed E-state index contributed by atoms with van der Waals surface area (Å²) < 4.78 is 0. The molecule has 1 aromatic heterocycles. The summed E-state index contributed by atoms with van der Waals surface area (Å²) in [6.45, 7) is 0.531. The van der Waals surface area contributed by atoms with Crippen molar-refractivity contribution in [1.29, 1.82) is 0 Å². The molecule has 2 amide bonds. The van der Waals surface area contributed by atoms with Crippen LogP contribution in [0.5, 0.6) is 0 Å². The molecule has 4 nitrogen and oxygen atoms in total. The Labute approximate surface area is 116 Å². The molecule has 0 saturated carbocycles. The molecule has 1 aromatic carbocycles. The highest BCUT2D eigenvalue weighted by Crippen LogP contribution is 2.14. The van der Waals surface area contributed by atoms with Crippen molar-refractivity contribution in [2.24, 2.45) is 0 Å². The fraction of sp³-hybridized carbons (Fsp3) is 0.143. The number of halogens is 1. The van der Waals surface area contributed by atoms with Gasteiger partial charge >= 0.3 is 6.03 Å². The third-order valence-electron chi connectivity index (χ3n) is 2.48. The van der Waals surface area contributed by atoms with E-state index in [1.165, 1.54) is 0 Å². The van der Waals surface area contributed by atoms with E-state index in [1.54, 1.807) is 30.5 Å². The maximum Gasteiger partial charge on any atom is 0.319 e. The maximum absolute atomic E-state index is 11.6. The van der Waals surface area contributed by atoms with E-state index in [9.17, 15) is 4.79 Å². The molecule has 98 valence electrons. The van der Waals surface area contributed by atoms with E-state index in [1.807, 2.05) is 18.2 Å². The number of urea groups is 1. The molecule has 0 aliphatic rings. The molecule has 1 heterocycles. The minimum absolute atomic E-state index is 0.252. The zero-order valence-electron chi connectivity index (χ0n) is 10.3. The van der Waals surface area contributed by atoms with Gasteiger partial charge in [0, 0.05) is 35.6 Å². The number of anilines is 1. The number of nitrogens with zero attached hydrogens (tertiary/aromatic N) is 1. The Morgan fingerprint density at radius 2 is 2.11 bits per heavy atom. The summed E-state index contributed by atoms with van der Waals surface area (Å²) in [5, 5.41) is 6.07. The van der Waals surface area contributed by atoms with Crippen LogP contribution in [0, 0.1) is 0 Å². The molecule has 0 atom stereocenters. The first-order chi connectivity index (χ1) is 9.24. The summed E-state index contributed by atoms with van der Waals surface area (Å²) in [5.41, 5.74) is 1.62. The van der Waals surface area contributed by atoms with E-state index < -0.39 is 0 Å². The number of carbonyl (C=O) groups excluding carboxylic acids is 1. The summed E-state index contributed by atoms with van der Waals surface area (Å²) in [7, 11) is 0. The molecule has 2 rings (SSSR count). The van der Waals surface area contributed by atoms with E-state index in [0.29, 0.717) is 23.7 Å². The Hall–Kier alpha value is -2.07. The monoisotopic (exact) mass is 275 g/mol. The maximum atomic E-state index is 11.6. The molecule has 0 fully saturated rings. The molecular weight excluding hydrogens is 262 g/mol. The van der Waals surface area contributed by atoms with Crippen LogP contribution in [0.25, 0.3) is 0 Å². The summed E-state index contributed by atoms with van der Waals surface area (Å²) >= 11 is 5.83. The zero-order chi connectivity index (χ0) is 13.5. The average Bonchev–Trinajstić information content (AvgIpc) is 2.40. The predicted molar refractivity (Wildman–Crippen MR) is 76.4 cm³/mol. The number of hydrogen-bond donors (Lipinski definition) is 2. The van der Waals surface area contributed by atoms with Gasteiger partial charge in [0.2, 0.25) is 0 Å². The lowest BCUT2D eigenvalue weighted by atomic mass is 10.3. The van der Waals surface area contributed by atoms with Crippen LogP contribution in [0.4, 0.5) is 10.5 Å². The van der Waals surface area contributed by atoms with Gasteiger partial charge in [-0.2, -0.15) is 0 Å². The lowest BCUT2D eigenvalue weighted by Gasteiger charge is -2.07. The zero-order valence-corrected chi connectivity index (χ0v) is 11.0. The minimum atomic E-state index is -0.252. The van der Waals surface area contributed by atoms with Gasteiger partial charge < -0.3 is 10.6 Å². The molecule has 2 aromatic rings. The standard InChI is InChI=1S/C14H14ClN3O/c15-11-4-3-6-13(10-11)18-14(19)17-9-7-12-5-1-2-8-16-12/h1-6,8,10H,7,9H2,(H2,17,18,19). The van der Waals surface area contributed by atoms with E-state index >= 15 is 0 Å². The SMILES string of the molecule is O=C(NCCc1ccccn1)Nc1cccc(Cl)c1. The highest BCUT2D eigenvalue weighted by atomic mass is 35.5. The Morgan fingerprint density at radius 3 is 2.84 bits per heavy atom. The largest absolute Gasteiger partial charge is 0.337 e. The Kier molecular flexibility index (Phi) is 4.75. The lowest BCUT2D eigenvalue weighted by molar-refractivity contribution is 0.252. The van der Waals surface area contributed by atoms with Gasteiger partial charge in [-0.05, 0) is 30.3 Å². The average molecular weight is 276 g/mol. The Bertz CT molecular complexity index is 545. The number of rotatable bonds is 4. The van der Waals surface area contributed by atoms with Gasteiger partial charge in [0.05, 0.1) is 0 Å². The molecule has 0 bridgehead atoms. The Balaban J connectivity index is 1.76. The quantitative estimate of drug-likeness (QED) is 0.901. The summed E-state index contributed by atoms with van der Waals surface area (Å²) in [4.78, 5) is 15.8. The van der Waals surface area contributed by atoms with Gasteiger partial charge in [-0.3, -0.25) is 4.98 Å². The molecule has 0 saturated heterocycles. The second-order valence-corrected chi connectivity index (χ2v) is 4.40. The van der Waals surface area contributed by atoms with Crippen molar-refractivity contribution in [3.63, 3.8) is 0 Å². The number of carbonyl (C=O) groups is 1. The van der Waals surface area contributed by atoms with E-state index in [0.717, 1.165) is 5.69 Å². The molecule has 19 heavy (non-hydrogen) atoms. The van der Waals surface area contributed by atoms with Crippen molar-refractivity contribution in [2.75, 3.05) is 11.9 Å². The summed E-state index contributed by atoms with van der Waals surface area (Å²) in [5.74, 6) is 0. The topological polar surface area (TPSA) is 54.0 Å². The van der Waals surface area contributed by atoms with E-state index in [4.69, 9.17) is 11.6 Å². The van der Waals surface area contributed by atoms with Gasteiger partial charge in [-0.15, -0.1) is 0 Å². The highest BCUT2D eigenvalue weighted by Gasteiger charge is 2.01. The molecular formula is C14H14ClN3O. The third kappa shape index (κ3) is 4.60. The first-order valence-electron chi connectivity index (χ1n) is 5.94. The van der Waals surface area contributed by atoms with Crippen molar-refractivity contribution in [1.82, 2.24) is 10.3 Å². The number of aromatic nitrogens is 1. The number of pyridine rings is 1. The second-order valence-electron chi connectivity index (χ2n) is 3.96. The number of hydrogen-bond acceptors (Lipinski definition) is 2. The fourth-order valence-electron chi connectivity index (χ4n) is 1.59. The van der Waals surface area contributed by atoms with Crippen LogP contribution in [0.15, 0.2) is 48.7 Å². The predicted octanol–water partition coefficient (Wildman–Crippen LogP) is 3.10. The fourth-order valence-corrected chi connectivity index (χ4v) is 1.78. The van der Waals surface area contributed by atoms with Crippen molar-refractivity contribution >= 4 is 23.3 Å². The van der Waals surface area contributed by atoms with Gasteiger partial charge in [-0.25, -0.2) is 4.79 Å². The van der Waals surface area contributed by atoms with Gasteiger partial charge in [0.25, 0.3) is 0 Å². The van der Waals surface area contributed by atoms with E-state index in [-0.39, 0.29) is 6.03 Å². The molecule has 2 N–H and O–H groups in total. The molecule has 0 radical (unpaired) electrons. The van der Waals surface area contributed by atoms with Crippen LogP contribution in [0.2, 0.25) is 5.02 Å². The van der Waals surface area contributed by atoms with Crippen LogP contribution in [0.1, 0.15) is 5.69 Å². The first-order valence-corrected chi connectivity index (χ1v) is 6.32. The summed E-state index contributed by atoms with van der Waals surface area (Å²) in [6, 6.07) is 12.5. The van der Waals surface area contributed by atoms with Crippen LogP contribution in [-0.2, 0) is 6.42 Å². The van der Waals surface area contributed by atoms with Crippen LogP contribution < -0.4 is 10.6 Å². The van der Waals surface area contributed by atoms with Gasteiger partial charge in [-0.1, -0.05) is 23.7 Å². The highest BCUT2D eigenvalue weighted by molar-refractivity contribution is 6.30. The minimum Gasteiger partial charge on any atom is -0.337 e. The molecule has 5 heteroatoms. The molecule has 0 aliphatic carbocycles. The van der Waals surface area contributed by atoms with Crippen molar-refractivity contribution in [2.45, 2.75) is 6.42 Å². The van der Waals surface area contributed by atoms with Crippen molar-refractivity contribution < 1.29 is 4.79 Å². The Morgan fingerprint density at radius 1 is 1.21 bits per heavy atom. The lowest BCUT2D eigenvalue weighted by Crippen LogP contribution is -2.30. The van der Waals surface area contributed by atoms with Crippen LogP contribution in [0.3, 0.4) is 0 Å². The van der Waals surface area contributed by atoms with Crippen molar-refractivity contribution in [3.05, 3.63) is 59.4 Å². The van der Waals surface area contributed by atoms with Gasteiger partial charge in [0.1, 0.15) is 0 Å². The van der Waals surface area contributed by atoms with Crippen LogP contribution in [-0.4, -0.2) is 17.6 Å². The second kappa shape index (κ2) is 6.75. The molecule has 0 aliphatic heterocycles. The van der Waals surface area contributed by atoms with Gasteiger partial charge in [0.15, 0.2) is 0 Å². The van der Waals surface area contributed by atoms with Crippen LogP contribution >= 0.6 is 11.6 Å². The van der Waals surface area contributed by atoms with E-state index in [2.05, 4.69) is 15.6 Å². The van der Waals surface area contributed by atoms with Crippen molar-refractivity contribution in [3.8, 4) is 0 Å². The third-order valence-corrected chi connectivity index (χ3v) is 2.71. The number of nitrogens with one attached hydrogen (secondary N) is 2. The number of amides is 2. The molecule has 0 spiro atoms. The molecule has 0 unspecified atom stereocenters. The number of benzene rings is 1. The summed E-state index contributed by atoms with van der Waals surface area (Å²) in [6.07, 6.45) is 2.44. The smallest absolute Gasteiger partial charge is 0.319 e. The normalized spacial score (nSPS) is 9.95.